The molecule has 0 aliphatic rings. The molecule has 0 fully saturated rings. The zero-order chi connectivity index (χ0) is 14.9. The first-order chi connectivity index (χ1) is 9.29. The smallest absolute Gasteiger partial charge is 0.261 e. The Morgan fingerprint density at radius 2 is 1.55 bits per heavy atom. The van der Waals surface area contributed by atoms with Crippen LogP contribution in [0.1, 0.15) is 0 Å². The van der Waals surface area contributed by atoms with Crippen molar-refractivity contribution >= 4 is 31.6 Å². The summed E-state index contributed by atoms with van der Waals surface area (Å²) in [5.74, 6) is -2.36. The van der Waals surface area contributed by atoms with E-state index in [2.05, 4.69) is 15.9 Å². The maximum Gasteiger partial charge on any atom is 0.261 e. The van der Waals surface area contributed by atoms with Crippen LogP contribution in [0.3, 0.4) is 0 Å². The van der Waals surface area contributed by atoms with Crippen molar-refractivity contribution in [3.05, 3.63) is 58.3 Å². The van der Waals surface area contributed by atoms with E-state index in [9.17, 15) is 21.6 Å². The van der Waals surface area contributed by atoms with Crippen LogP contribution < -0.4 is 4.72 Å². The number of nitrogens with one attached hydrogen (secondary N) is 1. The van der Waals surface area contributed by atoms with Crippen molar-refractivity contribution < 1.29 is 21.6 Å². The maximum atomic E-state index is 13.6. The molecule has 0 bridgehead atoms. The van der Waals surface area contributed by atoms with E-state index in [0.717, 1.165) is 30.3 Å². The second-order valence-corrected chi connectivity index (χ2v) is 6.34. The molecule has 0 atom stereocenters. The van der Waals surface area contributed by atoms with Gasteiger partial charge in [0.1, 0.15) is 17.5 Å². The summed E-state index contributed by atoms with van der Waals surface area (Å²) in [7, 11) is -4.12. The van der Waals surface area contributed by atoms with E-state index in [4.69, 9.17) is 0 Å². The predicted molar refractivity (Wildman–Crippen MR) is 71.3 cm³/mol. The molecular formula is C12H7BrF3NO2S. The molecule has 0 amide bonds. The van der Waals surface area contributed by atoms with E-state index >= 15 is 0 Å². The SMILES string of the molecule is O=S(=O)(Nc1cc(F)c(Br)cc1F)c1ccc(F)cc1. The highest BCUT2D eigenvalue weighted by Crippen LogP contribution is 2.25. The van der Waals surface area contributed by atoms with Crippen LogP contribution in [0.4, 0.5) is 18.9 Å². The van der Waals surface area contributed by atoms with E-state index < -0.39 is 33.2 Å². The van der Waals surface area contributed by atoms with Crippen molar-refractivity contribution in [2.24, 2.45) is 0 Å². The van der Waals surface area contributed by atoms with Crippen LogP contribution in [0, 0.1) is 17.5 Å². The molecule has 8 heteroatoms. The lowest BCUT2D eigenvalue weighted by Gasteiger charge is -2.09. The molecule has 0 saturated heterocycles. The van der Waals surface area contributed by atoms with Crippen molar-refractivity contribution in [1.29, 1.82) is 0 Å². The summed E-state index contributed by atoms with van der Waals surface area (Å²) in [5, 5.41) is 0. The highest BCUT2D eigenvalue weighted by molar-refractivity contribution is 9.10. The number of anilines is 1. The molecule has 2 aromatic carbocycles. The standard InChI is InChI=1S/C12H7BrF3NO2S/c13-9-5-11(16)12(6-10(9)15)17-20(18,19)8-3-1-7(14)2-4-8/h1-6,17H. The van der Waals surface area contributed by atoms with Crippen LogP contribution in [0.2, 0.25) is 0 Å². The number of sulfonamides is 1. The number of hydrogen-bond acceptors (Lipinski definition) is 2. The molecule has 3 nitrogen and oxygen atoms in total. The first-order valence-corrected chi connectivity index (χ1v) is 7.50. The summed E-state index contributed by atoms with van der Waals surface area (Å²) in [6.45, 7) is 0. The fourth-order valence-corrected chi connectivity index (χ4v) is 2.79. The number of benzene rings is 2. The average Bonchev–Trinajstić information content (AvgIpc) is 2.36. The third-order valence-corrected chi connectivity index (χ3v) is 4.37. The van der Waals surface area contributed by atoms with E-state index in [1.54, 1.807) is 0 Å². The third-order valence-electron chi connectivity index (χ3n) is 2.38. The number of halogens is 4. The highest BCUT2D eigenvalue weighted by Gasteiger charge is 2.17. The van der Waals surface area contributed by atoms with Gasteiger partial charge in [-0.05, 0) is 46.3 Å². The summed E-state index contributed by atoms with van der Waals surface area (Å²) < 4.78 is 65.2. The Morgan fingerprint density at radius 3 is 2.15 bits per heavy atom. The fraction of sp³-hybridized carbons (Fsp3) is 0. The predicted octanol–water partition coefficient (Wildman–Crippen LogP) is 3.67. The zero-order valence-electron chi connectivity index (χ0n) is 9.70. The van der Waals surface area contributed by atoms with E-state index in [1.807, 2.05) is 4.72 Å². The minimum atomic E-state index is -4.12. The van der Waals surface area contributed by atoms with Gasteiger partial charge in [-0.3, -0.25) is 4.72 Å². The fourth-order valence-electron chi connectivity index (χ4n) is 1.42. The summed E-state index contributed by atoms with van der Waals surface area (Å²) in [5.41, 5.74) is -0.532. The normalized spacial score (nSPS) is 11.4. The molecule has 0 heterocycles. The van der Waals surface area contributed by atoms with Crippen LogP contribution in [-0.2, 0) is 10.0 Å². The third kappa shape index (κ3) is 3.13. The van der Waals surface area contributed by atoms with Crippen molar-refractivity contribution in [3.63, 3.8) is 0 Å². The van der Waals surface area contributed by atoms with Gasteiger partial charge in [0.25, 0.3) is 10.0 Å². The molecule has 0 radical (unpaired) electrons. The van der Waals surface area contributed by atoms with Gasteiger partial charge in [0.15, 0.2) is 0 Å². The van der Waals surface area contributed by atoms with Gasteiger partial charge in [-0.15, -0.1) is 0 Å². The van der Waals surface area contributed by atoms with Crippen molar-refractivity contribution in [1.82, 2.24) is 0 Å². The van der Waals surface area contributed by atoms with Gasteiger partial charge in [0.2, 0.25) is 0 Å². The molecule has 0 aliphatic carbocycles. The Kier molecular flexibility index (Phi) is 4.05. The van der Waals surface area contributed by atoms with Gasteiger partial charge in [-0.1, -0.05) is 0 Å². The van der Waals surface area contributed by atoms with Crippen molar-refractivity contribution in [2.75, 3.05) is 4.72 Å². The largest absolute Gasteiger partial charge is 0.277 e. The first kappa shape index (κ1) is 14.9. The van der Waals surface area contributed by atoms with Gasteiger partial charge in [-0.25, -0.2) is 21.6 Å². The summed E-state index contributed by atoms with van der Waals surface area (Å²) in [6, 6.07) is 5.45. The average molecular weight is 366 g/mol. The number of rotatable bonds is 3. The van der Waals surface area contributed by atoms with Crippen LogP contribution in [0.5, 0.6) is 0 Å². The maximum absolute atomic E-state index is 13.6. The van der Waals surface area contributed by atoms with E-state index in [1.165, 1.54) is 0 Å². The monoisotopic (exact) mass is 365 g/mol. The van der Waals surface area contributed by atoms with Gasteiger partial charge >= 0.3 is 0 Å². The summed E-state index contributed by atoms with van der Waals surface area (Å²) >= 11 is 2.78. The van der Waals surface area contributed by atoms with Crippen LogP contribution >= 0.6 is 15.9 Å². The van der Waals surface area contributed by atoms with E-state index in [0.29, 0.717) is 6.07 Å². The van der Waals surface area contributed by atoms with Gasteiger partial charge < -0.3 is 0 Å². The zero-order valence-corrected chi connectivity index (χ0v) is 12.1. The second-order valence-electron chi connectivity index (χ2n) is 3.81. The molecule has 2 aromatic rings. The first-order valence-electron chi connectivity index (χ1n) is 5.22. The Balaban J connectivity index is 2.38. The van der Waals surface area contributed by atoms with E-state index in [-0.39, 0.29) is 9.37 Å². The molecule has 0 spiro atoms. The molecule has 20 heavy (non-hydrogen) atoms. The van der Waals surface area contributed by atoms with Crippen molar-refractivity contribution in [3.8, 4) is 0 Å². The molecular weight excluding hydrogens is 359 g/mol. The molecule has 0 aromatic heterocycles. The van der Waals surface area contributed by atoms with Gasteiger partial charge in [0, 0.05) is 6.07 Å². The Hall–Kier alpha value is -1.54. The van der Waals surface area contributed by atoms with Crippen molar-refractivity contribution in [2.45, 2.75) is 4.90 Å². The lowest BCUT2D eigenvalue weighted by atomic mass is 10.3. The van der Waals surface area contributed by atoms with Crippen LogP contribution in [0.15, 0.2) is 45.8 Å². The Labute approximate surface area is 121 Å². The highest BCUT2D eigenvalue weighted by atomic mass is 79.9. The second kappa shape index (κ2) is 5.45. The molecule has 1 N–H and O–H groups in total. The topological polar surface area (TPSA) is 46.2 Å². The Morgan fingerprint density at radius 1 is 0.950 bits per heavy atom. The minimum absolute atomic E-state index is 0.125. The minimum Gasteiger partial charge on any atom is -0.277 e. The van der Waals surface area contributed by atoms with Gasteiger partial charge in [-0.2, -0.15) is 0 Å². The molecule has 0 saturated carbocycles. The van der Waals surface area contributed by atoms with Crippen LogP contribution in [-0.4, -0.2) is 8.42 Å². The molecule has 0 unspecified atom stereocenters. The quantitative estimate of drug-likeness (QED) is 0.843. The molecule has 0 aliphatic heterocycles. The summed E-state index contributed by atoms with van der Waals surface area (Å²) in [4.78, 5) is -0.262. The lowest BCUT2D eigenvalue weighted by Crippen LogP contribution is -2.14. The van der Waals surface area contributed by atoms with Gasteiger partial charge in [0.05, 0.1) is 15.1 Å². The molecule has 106 valence electrons. The van der Waals surface area contributed by atoms with Crippen LogP contribution in [0.25, 0.3) is 0 Å². The lowest BCUT2D eigenvalue weighted by molar-refractivity contribution is 0.591. The number of hydrogen-bond donors (Lipinski definition) is 1. The molecule has 2 rings (SSSR count). The Bertz CT molecular complexity index is 748. The summed E-state index contributed by atoms with van der Waals surface area (Å²) in [6.07, 6.45) is 0.